The summed E-state index contributed by atoms with van der Waals surface area (Å²) in [6.07, 6.45) is 0.799. The number of guanidine groups is 1. The molecule has 0 spiro atoms. The molecule has 0 aliphatic rings. The summed E-state index contributed by atoms with van der Waals surface area (Å²) in [5, 5.41) is 6.41. The molecule has 0 radical (unpaired) electrons. The molecule has 8 heteroatoms. The van der Waals surface area contributed by atoms with Crippen LogP contribution >= 0.6 is 24.0 Å². The number of halogens is 2. The molecule has 2 aromatic carbocycles. The van der Waals surface area contributed by atoms with E-state index in [4.69, 9.17) is 10.5 Å². The third-order valence-corrected chi connectivity index (χ3v) is 3.61. The molecule has 1 amide bonds. The van der Waals surface area contributed by atoms with Crippen LogP contribution in [-0.2, 0) is 17.8 Å². The number of nitrogens with one attached hydrogen (secondary N) is 2. The second kappa shape index (κ2) is 12.1. The zero-order chi connectivity index (χ0) is 18.8. The van der Waals surface area contributed by atoms with Crippen molar-refractivity contribution in [2.75, 3.05) is 20.2 Å². The highest BCUT2D eigenvalue weighted by atomic mass is 127. The normalized spacial score (nSPS) is 10.7. The quantitative estimate of drug-likeness (QED) is 0.304. The van der Waals surface area contributed by atoms with Gasteiger partial charge in [0.25, 0.3) is 5.91 Å². The minimum absolute atomic E-state index is 0. The lowest BCUT2D eigenvalue weighted by Gasteiger charge is -2.12. The van der Waals surface area contributed by atoms with Crippen molar-refractivity contribution >= 4 is 35.8 Å². The van der Waals surface area contributed by atoms with Crippen LogP contribution in [0, 0.1) is 5.82 Å². The molecule has 0 saturated carbocycles. The van der Waals surface area contributed by atoms with Crippen molar-refractivity contribution < 1.29 is 13.9 Å². The van der Waals surface area contributed by atoms with Crippen LogP contribution in [0.5, 0.6) is 5.75 Å². The molecule has 27 heavy (non-hydrogen) atoms. The van der Waals surface area contributed by atoms with E-state index in [1.807, 2.05) is 12.1 Å². The summed E-state index contributed by atoms with van der Waals surface area (Å²) in [4.78, 5) is 14.9. The first-order chi connectivity index (χ1) is 12.6. The van der Waals surface area contributed by atoms with Gasteiger partial charge in [0.05, 0.1) is 0 Å². The fourth-order valence-corrected chi connectivity index (χ4v) is 2.24. The number of carbonyl (C=O) groups excluding carboxylic acids is 1. The average Bonchev–Trinajstić information content (AvgIpc) is 2.65. The highest BCUT2D eigenvalue weighted by Gasteiger charge is 2.01. The molecule has 0 heterocycles. The molecule has 2 rings (SSSR count). The first-order valence-corrected chi connectivity index (χ1v) is 8.26. The van der Waals surface area contributed by atoms with Gasteiger partial charge in [-0.2, -0.15) is 0 Å². The smallest absolute Gasteiger partial charge is 0.255 e. The molecule has 0 aliphatic carbocycles. The minimum Gasteiger partial charge on any atom is -0.484 e. The molecule has 4 N–H and O–H groups in total. The van der Waals surface area contributed by atoms with E-state index in [0.29, 0.717) is 24.8 Å². The first-order valence-electron chi connectivity index (χ1n) is 8.26. The number of carbonyl (C=O) groups is 1. The van der Waals surface area contributed by atoms with Crippen molar-refractivity contribution in [3.63, 3.8) is 0 Å². The molecule has 2 aromatic rings. The van der Waals surface area contributed by atoms with Gasteiger partial charge in [0.15, 0.2) is 12.6 Å². The molecule has 0 aromatic heterocycles. The Labute approximate surface area is 175 Å². The third-order valence-electron chi connectivity index (χ3n) is 3.61. The Morgan fingerprint density at radius 2 is 1.70 bits per heavy atom. The molecule has 146 valence electrons. The fourth-order valence-electron chi connectivity index (χ4n) is 2.24. The van der Waals surface area contributed by atoms with Crippen LogP contribution in [0.25, 0.3) is 0 Å². The number of aliphatic imine (C=N–C) groups is 1. The predicted octanol–water partition coefficient (Wildman–Crippen LogP) is 2.22. The van der Waals surface area contributed by atoms with Gasteiger partial charge in [-0.25, -0.2) is 4.39 Å². The van der Waals surface area contributed by atoms with Crippen molar-refractivity contribution in [3.05, 3.63) is 65.5 Å². The summed E-state index contributed by atoms with van der Waals surface area (Å²) in [7, 11) is 1.70. The maximum absolute atomic E-state index is 12.9. The molecule has 0 bridgehead atoms. The average molecular weight is 486 g/mol. The van der Waals surface area contributed by atoms with Crippen LogP contribution in [-0.4, -0.2) is 32.1 Å². The van der Waals surface area contributed by atoms with Crippen LogP contribution in [0.3, 0.4) is 0 Å². The zero-order valence-electron chi connectivity index (χ0n) is 15.1. The summed E-state index contributed by atoms with van der Waals surface area (Å²) in [5.41, 5.74) is 7.14. The van der Waals surface area contributed by atoms with Gasteiger partial charge in [0.1, 0.15) is 11.6 Å². The highest BCUT2D eigenvalue weighted by molar-refractivity contribution is 14.0. The van der Waals surface area contributed by atoms with Gasteiger partial charge in [0, 0.05) is 20.1 Å². The zero-order valence-corrected chi connectivity index (χ0v) is 17.4. The van der Waals surface area contributed by atoms with Crippen molar-refractivity contribution in [1.82, 2.24) is 10.6 Å². The van der Waals surface area contributed by atoms with Crippen molar-refractivity contribution in [2.45, 2.75) is 13.0 Å². The van der Waals surface area contributed by atoms with Gasteiger partial charge < -0.3 is 21.1 Å². The van der Waals surface area contributed by atoms with Crippen LogP contribution in [0.15, 0.2) is 53.5 Å². The third kappa shape index (κ3) is 8.72. The Bertz CT molecular complexity index is 736. The number of nitrogens with zero attached hydrogens (tertiary/aromatic N) is 1. The molecule has 0 saturated heterocycles. The number of primary amides is 1. The number of hydrogen-bond donors (Lipinski definition) is 3. The maximum Gasteiger partial charge on any atom is 0.255 e. The Morgan fingerprint density at radius 1 is 1.07 bits per heavy atom. The van der Waals surface area contributed by atoms with E-state index in [-0.39, 0.29) is 36.4 Å². The second-order valence-corrected chi connectivity index (χ2v) is 5.63. The Balaban J connectivity index is 0.00000364. The number of nitrogens with two attached hydrogens (primary N) is 1. The van der Waals surface area contributed by atoms with Crippen LogP contribution in [0.4, 0.5) is 4.39 Å². The van der Waals surface area contributed by atoms with Gasteiger partial charge in [0.2, 0.25) is 0 Å². The summed E-state index contributed by atoms with van der Waals surface area (Å²) >= 11 is 0. The van der Waals surface area contributed by atoms with Gasteiger partial charge in [-0.05, 0) is 41.8 Å². The minimum atomic E-state index is -0.502. The Morgan fingerprint density at radius 3 is 2.30 bits per heavy atom. The van der Waals surface area contributed by atoms with Gasteiger partial charge in [-0.15, -0.1) is 24.0 Å². The monoisotopic (exact) mass is 486 g/mol. The summed E-state index contributed by atoms with van der Waals surface area (Å²) < 4.78 is 18.1. The molecule has 6 nitrogen and oxygen atoms in total. The number of rotatable bonds is 8. The van der Waals surface area contributed by atoms with E-state index in [1.165, 1.54) is 12.1 Å². The predicted molar refractivity (Wildman–Crippen MR) is 115 cm³/mol. The maximum atomic E-state index is 12.9. The molecule has 0 fully saturated rings. The van der Waals surface area contributed by atoms with Crippen molar-refractivity contribution in [1.29, 1.82) is 0 Å². The SMILES string of the molecule is CN=C(NCCc1ccc(OCC(N)=O)cc1)NCc1ccc(F)cc1.I. The van der Waals surface area contributed by atoms with Gasteiger partial charge in [-0.1, -0.05) is 24.3 Å². The second-order valence-electron chi connectivity index (χ2n) is 5.63. The standard InChI is InChI=1S/C19H23FN4O2.HI/c1-22-19(24-12-15-2-6-16(20)7-3-15)23-11-10-14-4-8-17(9-5-14)26-13-18(21)25;/h2-9H,10-13H2,1H3,(H2,21,25)(H2,22,23,24);1H. The molecule has 0 unspecified atom stereocenters. The van der Waals surface area contributed by atoms with Crippen molar-refractivity contribution in [3.8, 4) is 5.75 Å². The van der Waals surface area contributed by atoms with Gasteiger partial charge >= 0.3 is 0 Å². The lowest BCUT2D eigenvalue weighted by Crippen LogP contribution is -2.37. The number of amides is 1. The van der Waals surface area contributed by atoms with E-state index in [9.17, 15) is 9.18 Å². The number of benzene rings is 2. The lowest BCUT2D eigenvalue weighted by atomic mass is 10.1. The van der Waals surface area contributed by atoms with Crippen LogP contribution < -0.4 is 21.1 Å². The van der Waals surface area contributed by atoms with Crippen molar-refractivity contribution in [2.24, 2.45) is 10.7 Å². The molecular formula is C19H24FIN4O2. The molecule has 0 atom stereocenters. The Kier molecular flexibility index (Phi) is 10.2. The number of hydrogen-bond acceptors (Lipinski definition) is 3. The molecule has 0 aliphatic heterocycles. The topological polar surface area (TPSA) is 88.7 Å². The van der Waals surface area contributed by atoms with E-state index < -0.39 is 5.91 Å². The summed E-state index contributed by atoms with van der Waals surface area (Å²) in [5.74, 6) is 0.535. The largest absolute Gasteiger partial charge is 0.484 e. The highest BCUT2D eigenvalue weighted by Crippen LogP contribution is 2.12. The van der Waals surface area contributed by atoms with E-state index in [1.54, 1.807) is 31.3 Å². The first kappa shape index (κ1) is 22.7. The van der Waals surface area contributed by atoms with Crippen LogP contribution in [0.2, 0.25) is 0 Å². The van der Waals surface area contributed by atoms with Gasteiger partial charge in [-0.3, -0.25) is 9.79 Å². The lowest BCUT2D eigenvalue weighted by molar-refractivity contribution is -0.119. The summed E-state index contributed by atoms with van der Waals surface area (Å²) in [6.45, 7) is 1.13. The van der Waals surface area contributed by atoms with Crippen LogP contribution in [0.1, 0.15) is 11.1 Å². The summed E-state index contributed by atoms with van der Waals surface area (Å²) in [6, 6.07) is 13.8. The van der Waals surface area contributed by atoms with E-state index in [0.717, 1.165) is 17.5 Å². The van der Waals surface area contributed by atoms with E-state index >= 15 is 0 Å². The number of ether oxygens (including phenoxy) is 1. The molecular weight excluding hydrogens is 462 g/mol. The van der Waals surface area contributed by atoms with E-state index in [2.05, 4.69) is 15.6 Å². The fraction of sp³-hybridized carbons (Fsp3) is 0.263. The Hall–Kier alpha value is -2.36.